The maximum absolute atomic E-state index is 11.9. The standard InChI is InChI=1S/C23H22N2O2/c1-17-8-14-22(15-9-17)27-16-23(26)25-24-18(2)19-10-12-21(13-11-19)20-6-4-3-5-7-20/h3-15H,16H2,1-2H3,(H,25,26)/b24-18+. The number of ether oxygens (including phenoxy) is 1. The van der Waals surface area contributed by atoms with Gasteiger partial charge < -0.3 is 4.74 Å². The van der Waals surface area contributed by atoms with Crippen LogP contribution in [-0.2, 0) is 4.79 Å². The van der Waals surface area contributed by atoms with E-state index >= 15 is 0 Å². The Kier molecular flexibility index (Phi) is 6.00. The van der Waals surface area contributed by atoms with Crippen LogP contribution < -0.4 is 10.2 Å². The zero-order chi connectivity index (χ0) is 19.1. The third-order valence-corrected chi connectivity index (χ3v) is 4.15. The predicted molar refractivity (Wildman–Crippen MR) is 109 cm³/mol. The van der Waals surface area contributed by atoms with Gasteiger partial charge in [0.15, 0.2) is 6.61 Å². The molecule has 0 saturated heterocycles. The quantitative estimate of drug-likeness (QED) is 0.518. The van der Waals surface area contributed by atoms with E-state index in [-0.39, 0.29) is 12.5 Å². The molecule has 27 heavy (non-hydrogen) atoms. The van der Waals surface area contributed by atoms with Gasteiger partial charge in [-0.2, -0.15) is 5.10 Å². The molecular formula is C23H22N2O2. The van der Waals surface area contributed by atoms with Crippen LogP contribution in [0.15, 0.2) is 84.0 Å². The Morgan fingerprint density at radius 1 is 0.889 bits per heavy atom. The average molecular weight is 358 g/mol. The number of nitrogens with one attached hydrogen (secondary N) is 1. The van der Waals surface area contributed by atoms with Crippen LogP contribution in [0.1, 0.15) is 18.1 Å². The van der Waals surface area contributed by atoms with Crippen molar-refractivity contribution in [1.29, 1.82) is 0 Å². The number of carbonyl (C=O) groups is 1. The number of benzene rings is 3. The third-order valence-electron chi connectivity index (χ3n) is 4.15. The summed E-state index contributed by atoms with van der Waals surface area (Å²) in [5.74, 6) is 0.365. The van der Waals surface area contributed by atoms with E-state index < -0.39 is 0 Å². The summed E-state index contributed by atoms with van der Waals surface area (Å²) in [6.45, 7) is 3.78. The van der Waals surface area contributed by atoms with Crippen molar-refractivity contribution in [2.75, 3.05) is 6.61 Å². The molecule has 4 nitrogen and oxygen atoms in total. The number of carbonyl (C=O) groups excluding carboxylic acids is 1. The monoisotopic (exact) mass is 358 g/mol. The Morgan fingerprint density at radius 3 is 2.19 bits per heavy atom. The minimum Gasteiger partial charge on any atom is -0.484 e. The second-order valence-corrected chi connectivity index (χ2v) is 6.28. The van der Waals surface area contributed by atoms with E-state index in [9.17, 15) is 4.79 Å². The zero-order valence-electron chi connectivity index (χ0n) is 15.5. The largest absolute Gasteiger partial charge is 0.484 e. The summed E-state index contributed by atoms with van der Waals surface area (Å²) in [4.78, 5) is 11.9. The van der Waals surface area contributed by atoms with E-state index in [4.69, 9.17) is 4.74 Å². The molecule has 3 aromatic rings. The minimum absolute atomic E-state index is 0.0766. The fourth-order valence-corrected chi connectivity index (χ4v) is 2.56. The highest BCUT2D eigenvalue weighted by Gasteiger charge is 2.04. The molecule has 4 heteroatoms. The highest BCUT2D eigenvalue weighted by atomic mass is 16.5. The van der Waals surface area contributed by atoms with Crippen LogP contribution >= 0.6 is 0 Å². The topological polar surface area (TPSA) is 50.7 Å². The summed E-state index contributed by atoms with van der Waals surface area (Å²) in [6.07, 6.45) is 0. The second kappa shape index (κ2) is 8.81. The lowest BCUT2D eigenvalue weighted by Gasteiger charge is -2.07. The van der Waals surface area contributed by atoms with Crippen molar-refractivity contribution in [2.24, 2.45) is 5.10 Å². The molecule has 3 aromatic carbocycles. The van der Waals surface area contributed by atoms with E-state index in [0.29, 0.717) is 5.75 Å². The molecule has 0 aliphatic heterocycles. The van der Waals surface area contributed by atoms with Gasteiger partial charge in [-0.3, -0.25) is 4.79 Å². The number of nitrogens with zero attached hydrogens (tertiary/aromatic N) is 1. The van der Waals surface area contributed by atoms with Crippen molar-refractivity contribution in [3.05, 3.63) is 90.0 Å². The molecule has 0 aliphatic rings. The Balaban J connectivity index is 1.55. The first-order valence-electron chi connectivity index (χ1n) is 8.80. The van der Waals surface area contributed by atoms with Crippen molar-refractivity contribution >= 4 is 11.6 Å². The van der Waals surface area contributed by atoms with Crippen molar-refractivity contribution in [3.8, 4) is 16.9 Å². The van der Waals surface area contributed by atoms with Crippen molar-refractivity contribution in [3.63, 3.8) is 0 Å². The molecule has 0 saturated carbocycles. The summed E-state index contributed by atoms with van der Waals surface area (Å²) in [5, 5.41) is 4.16. The molecule has 0 aromatic heterocycles. The number of rotatable bonds is 6. The lowest BCUT2D eigenvalue weighted by molar-refractivity contribution is -0.123. The first-order valence-corrected chi connectivity index (χ1v) is 8.80. The van der Waals surface area contributed by atoms with Crippen molar-refractivity contribution < 1.29 is 9.53 Å². The van der Waals surface area contributed by atoms with Crippen molar-refractivity contribution in [1.82, 2.24) is 5.43 Å². The van der Waals surface area contributed by atoms with E-state index in [0.717, 1.165) is 22.4 Å². The summed E-state index contributed by atoms with van der Waals surface area (Å²) in [7, 11) is 0. The van der Waals surface area contributed by atoms with Gasteiger partial charge in [0, 0.05) is 0 Å². The lowest BCUT2D eigenvalue weighted by atomic mass is 10.0. The maximum Gasteiger partial charge on any atom is 0.277 e. The van der Waals surface area contributed by atoms with Crippen molar-refractivity contribution in [2.45, 2.75) is 13.8 Å². The first kappa shape index (κ1) is 18.4. The molecular weight excluding hydrogens is 336 g/mol. The van der Waals surface area contributed by atoms with E-state index in [1.54, 1.807) is 0 Å². The zero-order valence-corrected chi connectivity index (χ0v) is 15.5. The summed E-state index contributed by atoms with van der Waals surface area (Å²) < 4.78 is 5.44. The Hall–Kier alpha value is -3.40. The van der Waals surface area contributed by atoms with E-state index in [1.165, 1.54) is 5.56 Å². The van der Waals surface area contributed by atoms with E-state index in [2.05, 4.69) is 22.7 Å². The Labute approximate surface area is 159 Å². The van der Waals surface area contributed by atoms with Gasteiger partial charge in [0.05, 0.1) is 5.71 Å². The SMILES string of the molecule is C/C(=N\NC(=O)COc1ccc(C)cc1)c1ccc(-c2ccccc2)cc1. The number of hydrazone groups is 1. The van der Waals surface area contributed by atoms with Crippen LogP contribution in [0.5, 0.6) is 5.75 Å². The van der Waals surface area contributed by atoms with Gasteiger partial charge in [0.1, 0.15) is 5.75 Å². The van der Waals surface area contributed by atoms with Gasteiger partial charge in [-0.15, -0.1) is 0 Å². The predicted octanol–water partition coefficient (Wildman–Crippen LogP) is 4.58. The van der Waals surface area contributed by atoms with Gasteiger partial charge in [-0.1, -0.05) is 72.3 Å². The summed E-state index contributed by atoms with van der Waals surface area (Å²) in [5.41, 5.74) is 7.67. The number of amides is 1. The van der Waals surface area contributed by atoms with Crippen LogP contribution in [-0.4, -0.2) is 18.2 Å². The fraction of sp³-hybridized carbons (Fsp3) is 0.130. The summed E-state index contributed by atoms with van der Waals surface area (Å²) in [6, 6.07) is 25.8. The molecule has 0 radical (unpaired) electrons. The molecule has 0 unspecified atom stereocenters. The molecule has 0 heterocycles. The fourth-order valence-electron chi connectivity index (χ4n) is 2.56. The van der Waals surface area contributed by atoms with E-state index in [1.807, 2.05) is 80.6 Å². The normalized spacial score (nSPS) is 11.1. The molecule has 0 fully saturated rings. The second-order valence-electron chi connectivity index (χ2n) is 6.28. The average Bonchev–Trinajstić information content (AvgIpc) is 2.72. The molecule has 136 valence electrons. The first-order chi connectivity index (χ1) is 13.1. The molecule has 0 aliphatic carbocycles. The van der Waals surface area contributed by atoms with Crippen LogP contribution in [0.2, 0.25) is 0 Å². The van der Waals surface area contributed by atoms with Crippen LogP contribution in [0.3, 0.4) is 0 Å². The highest BCUT2D eigenvalue weighted by molar-refractivity contribution is 5.99. The summed E-state index contributed by atoms with van der Waals surface area (Å²) >= 11 is 0. The third kappa shape index (κ3) is 5.28. The van der Waals surface area contributed by atoms with Gasteiger partial charge >= 0.3 is 0 Å². The number of aryl methyl sites for hydroxylation is 1. The molecule has 0 bridgehead atoms. The number of hydrogen-bond donors (Lipinski definition) is 1. The Bertz CT molecular complexity index is 915. The minimum atomic E-state index is -0.296. The number of hydrogen-bond acceptors (Lipinski definition) is 3. The van der Waals surface area contributed by atoms with Gasteiger partial charge in [0.2, 0.25) is 0 Å². The molecule has 0 spiro atoms. The molecule has 0 atom stereocenters. The molecule has 1 N–H and O–H groups in total. The lowest BCUT2D eigenvalue weighted by Crippen LogP contribution is -2.25. The van der Waals surface area contributed by atoms with Gasteiger partial charge in [0.25, 0.3) is 5.91 Å². The Morgan fingerprint density at radius 2 is 1.52 bits per heavy atom. The highest BCUT2D eigenvalue weighted by Crippen LogP contribution is 2.19. The smallest absolute Gasteiger partial charge is 0.277 e. The van der Waals surface area contributed by atoms with Crippen LogP contribution in [0.25, 0.3) is 11.1 Å². The van der Waals surface area contributed by atoms with Gasteiger partial charge in [-0.05, 0) is 42.7 Å². The van der Waals surface area contributed by atoms with Crippen LogP contribution in [0.4, 0.5) is 0 Å². The molecule has 1 amide bonds. The van der Waals surface area contributed by atoms with Crippen LogP contribution in [0, 0.1) is 6.92 Å². The molecule has 3 rings (SSSR count). The van der Waals surface area contributed by atoms with Gasteiger partial charge in [-0.25, -0.2) is 5.43 Å². The maximum atomic E-state index is 11.9.